The number of nitro benzene ring substituents is 1. The lowest BCUT2D eigenvalue weighted by atomic mass is 10.2. The van der Waals surface area contributed by atoms with E-state index in [4.69, 9.17) is 9.15 Å². The summed E-state index contributed by atoms with van der Waals surface area (Å²) < 4.78 is 10.4. The van der Waals surface area contributed by atoms with Crippen LogP contribution in [0.25, 0.3) is 0 Å². The van der Waals surface area contributed by atoms with Crippen LogP contribution in [-0.4, -0.2) is 17.4 Å². The molecule has 2 aromatic rings. The average Bonchev–Trinajstić information content (AvgIpc) is 3.00. The number of ether oxygens (including phenoxy) is 1. The van der Waals surface area contributed by atoms with Crippen molar-refractivity contribution in [2.45, 2.75) is 19.9 Å². The highest BCUT2D eigenvalue weighted by Gasteiger charge is 2.17. The predicted octanol–water partition coefficient (Wildman–Crippen LogP) is 2.75. The fourth-order valence-corrected chi connectivity index (χ4v) is 1.93. The molecule has 116 valence electrons. The maximum Gasteiger partial charge on any atom is 0.311 e. The molecule has 1 N–H and O–H groups in total. The largest absolute Gasteiger partial charge is 0.477 e. The monoisotopic (exact) mass is 304 g/mol. The molecule has 1 aromatic carbocycles. The van der Waals surface area contributed by atoms with Gasteiger partial charge in [0.15, 0.2) is 12.4 Å². The number of benzene rings is 1. The number of hydrogen-bond donors (Lipinski definition) is 1. The van der Waals surface area contributed by atoms with Gasteiger partial charge in [-0.25, -0.2) is 0 Å². The van der Waals surface area contributed by atoms with E-state index >= 15 is 0 Å². The third-order valence-electron chi connectivity index (χ3n) is 3.02. The first-order chi connectivity index (χ1) is 10.5. The molecule has 7 heteroatoms. The minimum atomic E-state index is -0.536. The Morgan fingerprint density at radius 3 is 2.86 bits per heavy atom. The fourth-order valence-electron chi connectivity index (χ4n) is 1.93. The number of nitro groups is 1. The highest BCUT2D eigenvalue weighted by atomic mass is 16.6. The van der Waals surface area contributed by atoms with Crippen molar-refractivity contribution in [1.82, 2.24) is 5.32 Å². The maximum absolute atomic E-state index is 11.8. The lowest BCUT2D eigenvalue weighted by Crippen LogP contribution is -2.31. The molecule has 1 amide bonds. The number of rotatable bonds is 6. The summed E-state index contributed by atoms with van der Waals surface area (Å²) in [5, 5.41) is 13.6. The number of carbonyl (C=O) groups excluding carboxylic acids is 1. The van der Waals surface area contributed by atoms with Crippen molar-refractivity contribution in [1.29, 1.82) is 0 Å². The average molecular weight is 304 g/mol. The topological polar surface area (TPSA) is 94.6 Å². The lowest BCUT2D eigenvalue weighted by Gasteiger charge is -2.12. The standard InChI is InChI=1S/C15H16N2O5/c1-10-5-6-14(12(8-10)17(19)20)22-9-15(18)16-11(2)13-4-3-7-21-13/h3-8,11H,9H2,1-2H3,(H,16,18)/t11-/m1/s1. The Kier molecular flexibility index (Phi) is 4.77. The summed E-state index contributed by atoms with van der Waals surface area (Å²) >= 11 is 0. The van der Waals surface area contributed by atoms with E-state index in [1.54, 1.807) is 32.0 Å². The first-order valence-corrected chi connectivity index (χ1v) is 6.68. The van der Waals surface area contributed by atoms with E-state index in [2.05, 4.69) is 5.32 Å². The van der Waals surface area contributed by atoms with Gasteiger partial charge < -0.3 is 14.5 Å². The lowest BCUT2D eigenvalue weighted by molar-refractivity contribution is -0.385. The van der Waals surface area contributed by atoms with Crippen LogP contribution in [0.3, 0.4) is 0 Å². The van der Waals surface area contributed by atoms with Crippen molar-refractivity contribution in [2.24, 2.45) is 0 Å². The normalized spacial score (nSPS) is 11.7. The molecular weight excluding hydrogens is 288 g/mol. The van der Waals surface area contributed by atoms with Crippen molar-refractivity contribution < 1.29 is 18.9 Å². The van der Waals surface area contributed by atoms with Crippen molar-refractivity contribution in [2.75, 3.05) is 6.61 Å². The first-order valence-electron chi connectivity index (χ1n) is 6.68. The Balaban J connectivity index is 1.95. The minimum absolute atomic E-state index is 0.0661. The summed E-state index contributed by atoms with van der Waals surface area (Å²) in [7, 11) is 0. The van der Waals surface area contributed by atoms with E-state index in [9.17, 15) is 14.9 Å². The summed E-state index contributed by atoms with van der Waals surface area (Å²) in [4.78, 5) is 22.3. The summed E-state index contributed by atoms with van der Waals surface area (Å²) in [6, 6.07) is 7.74. The summed E-state index contributed by atoms with van der Waals surface area (Å²) in [6.45, 7) is 3.20. The molecule has 0 saturated heterocycles. The van der Waals surface area contributed by atoms with Gasteiger partial charge in [0.2, 0.25) is 0 Å². The van der Waals surface area contributed by atoms with Crippen LogP contribution in [0.4, 0.5) is 5.69 Å². The Morgan fingerprint density at radius 2 is 2.23 bits per heavy atom. The molecule has 0 fully saturated rings. The SMILES string of the molecule is Cc1ccc(OCC(=O)N[C@H](C)c2ccco2)c([N+](=O)[O-])c1. The molecule has 1 heterocycles. The molecule has 0 aliphatic carbocycles. The molecule has 1 atom stereocenters. The van der Waals surface area contributed by atoms with E-state index in [0.717, 1.165) is 5.56 Å². The Bertz CT molecular complexity index is 667. The highest BCUT2D eigenvalue weighted by Crippen LogP contribution is 2.27. The van der Waals surface area contributed by atoms with Gasteiger partial charge in [-0.1, -0.05) is 6.07 Å². The minimum Gasteiger partial charge on any atom is -0.477 e. The van der Waals surface area contributed by atoms with Gasteiger partial charge in [0.05, 0.1) is 17.2 Å². The van der Waals surface area contributed by atoms with Crippen LogP contribution in [0.2, 0.25) is 0 Å². The van der Waals surface area contributed by atoms with E-state index in [1.807, 2.05) is 0 Å². The molecule has 0 aliphatic heterocycles. The van der Waals surface area contributed by atoms with Gasteiger partial charge in [0.25, 0.3) is 5.91 Å². The second kappa shape index (κ2) is 6.75. The van der Waals surface area contributed by atoms with Gasteiger partial charge in [-0.05, 0) is 37.6 Å². The van der Waals surface area contributed by atoms with Crippen molar-refractivity contribution >= 4 is 11.6 Å². The number of amides is 1. The van der Waals surface area contributed by atoms with Gasteiger partial charge in [-0.2, -0.15) is 0 Å². The molecule has 0 unspecified atom stereocenters. The molecule has 0 radical (unpaired) electrons. The predicted molar refractivity (Wildman–Crippen MR) is 78.6 cm³/mol. The van der Waals surface area contributed by atoms with E-state index in [1.165, 1.54) is 18.4 Å². The summed E-state index contributed by atoms with van der Waals surface area (Å²) in [5.74, 6) is 0.296. The number of aryl methyl sites for hydroxylation is 1. The Morgan fingerprint density at radius 1 is 1.45 bits per heavy atom. The highest BCUT2D eigenvalue weighted by molar-refractivity contribution is 5.78. The summed E-state index contributed by atoms with van der Waals surface area (Å²) in [6.07, 6.45) is 1.52. The number of nitrogens with zero attached hydrogens (tertiary/aromatic N) is 1. The quantitative estimate of drug-likeness (QED) is 0.654. The number of nitrogens with one attached hydrogen (secondary N) is 1. The Hall–Kier alpha value is -2.83. The van der Waals surface area contributed by atoms with E-state index < -0.39 is 10.8 Å². The zero-order chi connectivity index (χ0) is 16.1. The zero-order valence-electron chi connectivity index (χ0n) is 12.2. The fraction of sp³-hybridized carbons (Fsp3) is 0.267. The summed E-state index contributed by atoms with van der Waals surface area (Å²) in [5.41, 5.74) is 0.585. The van der Waals surface area contributed by atoms with Crippen LogP contribution >= 0.6 is 0 Å². The third-order valence-corrected chi connectivity index (χ3v) is 3.02. The smallest absolute Gasteiger partial charge is 0.311 e. The maximum atomic E-state index is 11.8. The molecular formula is C15H16N2O5. The van der Waals surface area contributed by atoms with Gasteiger partial charge in [0.1, 0.15) is 5.76 Å². The molecule has 22 heavy (non-hydrogen) atoms. The van der Waals surface area contributed by atoms with Crippen molar-refractivity contribution in [3.05, 3.63) is 58.0 Å². The molecule has 0 aliphatic rings. The van der Waals surface area contributed by atoms with Crippen LogP contribution in [0.5, 0.6) is 5.75 Å². The van der Waals surface area contributed by atoms with Gasteiger partial charge in [-0.3, -0.25) is 14.9 Å². The number of furan rings is 1. The molecule has 0 bridgehead atoms. The number of hydrogen-bond acceptors (Lipinski definition) is 5. The van der Waals surface area contributed by atoms with Crippen molar-refractivity contribution in [3.8, 4) is 5.75 Å². The Labute approximate surface area is 127 Å². The van der Waals surface area contributed by atoms with Crippen LogP contribution in [0.15, 0.2) is 41.0 Å². The van der Waals surface area contributed by atoms with Gasteiger partial charge >= 0.3 is 5.69 Å². The van der Waals surface area contributed by atoms with Crippen LogP contribution in [0.1, 0.15) is 24.3 Å². The zero-order valence-corrected chi connectivity index (χ0v) is 12.2. The van der Waals surface area contributed by atoms with Gasteiger partial charge in [0, 0.05) is 6.07 Å². The van der Waals surface area contributed by atoms with Crippen molar-refractivity contribution in [3.63, 3.8) is 0 Å². The molecule has 0 saturated carbocycles. The second-order valence-electron chi connectivity index (χ2n) is 4.82. The third kappa shape index (κ3) is 3.85. The molecule has 7 nitrogen and oxygen atoms in total. The second-order valence-corrected chi connectivity index (χ2v) is 4.82. The first kappa shape index (κ1) is 15.6. The molecule has 1 aromatic heterocycles. The van der Waals surface area contributed by atoms with Gasteiger partial charge in [-0.15, -0.1) is 0 Å². The van der Waals surface area contributed by atoms with E-state index in [0.29, 0.717) is 5.76 Å². The van der Waals surface area contributed by atoms with Crippen LogP contribution < -0.4 is 10.1 Å². The van der Waals surface area contributed by atoms with Crippen LogP contribution in [0, 0.1) is 17.0 Å². The molecule has 2 rings (SSSR count). The number of carbonyl (C=O) groups is 1. The van der Waals surface area contributed by atoms with Crippen LogP contribution in [-0.2, 0) is 4.79 Å². The van der Waals surface area contributed by atoms with E-state index in [-0.39, 0.29) is 24.1 Å². The molecule has 0 spiro atoms.